The van der Waals surface area contributed by atoms with Crippen molar-refractivity contribution < 1.29 is 9.53 Å². The number of fused-ring (bicyclic) bond motifs is 4. The first-order chi connectivity index (χ1) is 15.8. The maximum atomic E-state index is 13.9. The van der Waals surface area contributed by atoms with Gasteiger partial charge in [-0.25, -0.2) is 0 Å². The minimum Gasteiger partial charge on any atom is -0.467 e. The van der Waals surface area contributed by atoms with Crippen molar-refractivity contribution in [2.24, 2.45) is 5.92 Å². The molecule has 6 heteroatoms. The van der Waals surface area contributed by atoms with E-state index in [9.17, 15) is 4.79 Å². The molecule has 0 spiro atoms. The van der Waals surface area contributed by atoms with Crippen molar-refractivity contribution in [3.63, 3.8) is 0 Å². The summed E-state index contributed by atoms with van der Waals surface area (Å²) in [5.41, 5.74) is 4.92. The van der Waals surface area contributed by atoms with Crippen LogP contribution in [0.3, 0.4) is 0 Å². The topological polar surface area (TPSA) is 53.6 Å². The van der Waals surface area contributed by atoms with E-state index in [0.717, 1.165) is 39.4 Å². The third-order valence-electron chi connectivity index (χ3n) is 6.62. The quantitative estimate of drug-likeness (QED) is 0.515. The number of aryl methyl sites for hydroxylation is 3. The average Bonchev–Trinajstić information content (AvgIpc) is 2.76. The number of amides is 1. The summed E-state index contributed by atoms with van der Waals surface area (Å²) in [5, 5.41) is 7.15. The number of carbonyl (C=O) groups is 1. The molecule has 1 amide bonds. The van der Waals surface area contributed by atoms with E-state index in [0.29, 0.717) is 5.11 Å². The van der Waals surface area contributed by atoms with Gasteiger partial charge in [-0.05, 0) is 69.7 Å². The zero-order valence-electron chi connectivity index (χ0n) is 19.2. The molecule has 1 saturated heterocycles. The highest BCUT2D eigenvalue weighted by Gasteiger charge is 2.59. The fourth-order valence-electron chi connectivity index (χ4n) is 4.98. The second kappa shape index (κ2) is 7.89. The molecule has 0 saturated carbocycles. The number of nitrogens with zero attached hydrogens (tertiary/aromatic N) is 1. The Morgan fingerprint density at radius 1 is 1.03 bits per heavy atom. The number of thiocarbonyl (C=S) groups is 1. The van der Waals surface area contributed by atoms with Crippen molar-refractivity contribution in [3.05, 3.63) is 89.0 Å². The number of benzene rings is 3. The molecule has 2 aliphatic rings. The van der Waals surface area contributed by atoms with E-state index >= 15 is 0 Å². The van der Waals surface area contributed by atoms with E-state index in [1.54, 1.807) is 0 Å². The van der Waals surface area contributed by atoms with Crippen molar-refractivity contribution in [2.75, 3.05) is 10.2 Å². The van der Waals surface area contributed by atoms with Gasteiger partial charge in [0.2, 0.25) is 5.91 Å². The molecule has 3 aromatic carbocycles. The van der Waals surface area contributed by atoms with E-state index in [1.165, 1.54) is 0 Å². The van der Waals surface area contributed by atoms with Gasteiger partial charge in [-0.15, -0.1) is 0 Å². The van der Waals surface area contributed by atoms with Gasteiger partial charge in [0.05, 0.1) is 6.04 Å². The number of hydrogen-bond donors (Lipinski definition) is 2. The minimum absolute atomic E-state index is 0.115. The second-order valence-corrected chi connectivity index (χ2v) is 9.46. The zero-order chi connectivity index (χ0) is 23.3. The number of anilines is 2. The second-order valence-electron chi connectivity index (χ2n) is 9.08. The van der Waals surface area contributed by atoms with Crippen LogP contribution >= 0.6 is 12.2 Å². The van der Waals surface area contributed by atoms with Crippen LogP contribution in [0, 0.1) is 26.7 Å². The van der Waals surface area contributed by atoms with Crippen LogP contribution in [0.2, 0.25) is 0 Å². The fraction of sp³-hybridized carbons (Fsp3) is 0.259. The predicted molar refractivity (Wildman–Crippen MR) is 136 cm³/mol. The minimum atomic E-state index is -1.01. The van der Waals surface area contributed by atoms with Gasteiger partial charge in [-0.3, -0.25) is 9.69 Å². The molecule has 5 rings (SSSR count). The maximum absolute atomic E-state index is 13.9. The van der Waals surface area contributed by atoms with Crippen molar-refractivity contribution >= 4 is 34.6 Å². The van der Waals surface area contributed by atoms with Crippen LogP contribution in [-0.4, -0.2) is 16.7 Å². The number of rotatable bonds is 3. The highest BCUT2D eigenvalue weighted by molar-refractivity contribution is 7.80. The molecule has 2 N–H and O–H groups in total. The van der Waals surface area contributed by atoms with Gasteiger partial charge in [0.25, 0.3) is 0 Å². The first-order valence-electron chi connectivity index (χ1n) is 11.1. The standard InChI is InChI=1S/C27H27N3O2S/c1-16-9-12-19(13-10-16)30-26(33)29-24-20-7-5-6-8-22(20)32-27(30,4)23(24)25(31)28-21-14-11-17(2)15-18(21)3/h5-15,23-24H,1-4H3,(H,28,31)(H,29,33)/t23-,24+,27+/m1/s1. The van der Waals surface area contributed by atoms with Gasteiger partial charge in [0, 0.05) is 16.9 Å². The van der Waals surface area contributed by atoms with Crippen molar-refractivity contribution in [2.45, 2.75) is 39.5 Å². The number of carbonyl (C=O) groups excluding carboxylic acids is 1. The Morgan fingerprint density at radius 3 is 2.45 bits per heavy atom. The highest BCUT2D eigenvalue weighted by atomic mass is 32.1. The maximum Gasteiger partial charge on any atom is 0.236 e. The molecular weight excluding hydrogens is 430 g/mol. The first kappa shape index (κ1) is 21.5. The van der Waals surface area contributed by atoms with Crippen LogP contribution in [0.15, 0.2) is 66.7 Å². The van der Waals surface area contributed by atoms with Crippen LogP contribution in [0.5, 0.6) is 5.75 Å². The molecule has 3 aromatic rings. The highest BCUT2D eigenvalue weighted by Crippen LogP contribution is 2.49. The summed E-state index contributed by atoms with van der Waals surface area (Å²) in [7, 11) is 0. The lowest BCUT2D eigenvalue weighted by atomic mass is 9.78. The fourth-order valence-corrected chi connectivity index (χ4v) is 5.39. The molecule has 33 heavy (non-hydrogen) atoms. The molecule has 0 unspecified atom stereocenters. The van der Waals surface area contributed by atoms with Gasteiger partial charge in [0.15, 0.2) is 10.8 Å². The molecule has 168 valence electrons. The lowest BCUT2D eigenvalue weighted by Crippen LogP contribution is -2.72. The summed E-state index contributed by atoms with van der Waals surface area (Å²) in [6, 6.07) is 21.7. The van der Waals surface area contributed by atoms with Crippen LogP contribution in [0.4, 0.5) is 11.4 Å². The molecule has 0 radical (unpaired) electrons. The average molecular weight is 458 g/mol. The summed E-state index contributed by atoms with van der Waals surface area (Å²) in [4.78, 5) is 15.8. The Hall–Kier alpha value is -3.38. The number of para-hydroxylation sites is 1. The number of hydrogen-bond acceptors (Lipinski definition) is 3. The largest absolute Gasteiger partial charge is 0.467 e. The Bertz CT molecular complexity index is 1260. The number of ether oxygens (including phenoxy) is 1. The Morgan fingerprint density at radius 2 is 1.73 bits per heavy atom. The Labute approximate surface area is 199 Å². The smallest absolute Gasteiger partial charge is 0.236 e. The summed E-state index contributed by atoms with van der Waals surface area (Å²) in [6.07, 6.45) is 0. The van der Waals surface area contributed by atoms with Gasteiger partial charge in [-0.1, -0.05) is 53.6 Å². The molecule has 2 heterocycles. The molecule has 5 nitrogen and oxygen atoms in total. The monoisotopic (exact) mass is 457 g/mol. The van der Waals surface area contributed by atoms with Crippen molar-refractivity contribution in [3.8, 4) is 5.75 Å². The lowest BCUT2D eigenvalue weighted by Gasteiger charge is -2.56. The molecule has 3 atom stereocenters. The molecule has 1 fully saturated rings. The lowest BCUT2D eigenvalue weighted by molar-refractivity contribution is -0.130. The first-order valence-corrected chi connectivity index (χ1v) is 11.5. The molecule has 2 bridgehead atoms. The molecule has 0 aliphatic carbocycles. The van der Waals surface area contributed by atoms with E-state index in [2.05, 4.69) is 16.7 Å². The predicted octanol–water partition coefficient (Wildman–Crippen LogP) is 5.41. The van der Waals surface area contributed by atoms with Crippen LogP contribution in [0.25, 0.3) is 0 Å². The van der Waals surface area contributed by atoms with Gasteiger partial charge < -0.3 is 15.4 Å². The number of nitrogens with one attached hydrogen (secondary N) is 2. The summed E-state index contributed by atoms with van der Waals surface area (Å²) in [6.45, 7) is 8.04. The van der Waals surface area contributed by atoms with E-state index < -0.39 is 11.6 Å². The molecular formula is C27H27N3O2S. The van der Waals surface area contributed by atoms with Crippen molar-refractivity contribution in [1.82, 2.24) is 5.32 Å². The summed E-state index contributed by atoms with van der Waals surface area (Å²) in [5.74, 6) is 0.0878. The van der Waals surface area contributed by atoms with Crippen LogP contribution < -0.4 is 20.3 Å². The van der Waals surface area contributed by atoms with Crippen molar-refractivity contribution in [1.29, 1.82) is 0 Å². The summed E-state index contributed by atoms with van der Waals surface area (Å²) < 4.78 is 6.62. The zero-order valence-corrected chi connectivity index (χ0v) is 20.0. The third-order valence-corrected chi connectivity index (χ3v) is 6.92. The van der Waals surface area contributed by atoms with Gasteiger partial charge >= 0.3 is 0 Å². The normalized spacial score (nSPS) is 23.3. The molecule has 0 aromatic heterocycles. The van der Waals surface area contributed by atoms with Crippen LogP contribution in [0.1, 0.15) is 35.2 Å². The van der Waals surface area contributed by atoms with E-state index in [-0.39, 0.29) is 11.9 Å². The third kappa shape index (κ3) is 3.55. The molecule has 2 aliphatic heterocycles. The van der Waals surface area contributed by atoms with E-state index in [4.69, 9.17) is 17.0 Å². The SMILES string of the molecule is Cc1ccc(N2C(=S)N[C@H]3c4ccccc4O[C@@]2(C)[C@H]3C(=O)Nc2ccc(C)cc2C)cc1. The van der Waals surface area contributed by atoms with Gasteiger partial charge in [0.1, 0.15) is 11.7 Å². The van der Waals surface area contributed by atoms with Crippen LogP contribution in [-0.2, 0) is 4.79 Å². The van der Waals surface area contributed by atoms with Gasteiger partial charge in [-0.2, -0.15) is 0 Å². The summed E-state index contributed by atoms with van der Waals surface area (Å²) >= 11 is 5.80. The Balaban J connectivity index is 1.61. The Kier molecular flexibility index (Phi) is 5.13. The van der Waals surface area contributed by atoms with E-state index in [1.807, 2.05) is 93.3 Å².